The average molecular weight is 212 g/mol. The van der Waals surface area contributed by atoms with Crippen LogP contribution in [0.2, 0.25) is 0 Å². The molecule has 1 heterocycles. The Bertz CT molecular complexity index is 192. The highest BCUT2D eigenvalue weighted by atomic mass is 16.2. The van der Waals surface area contributed by atoms with Crippen LogP contribution < -0.4 is 5.32 Å². The van der Waals surface area contributed by atoms with E-state index in [1.165, 1.54) is 6.08 Å². The number of hydrogen-bond acceptors (Lipinski definition) is 2. The van der Waals surface area contributed by atoms with E-state index in [2.05, 4.69) is 11.9 Å². The minimum absolute atomic E-state index is 0.0759. The van der Waals surface area contributed by atoms with Crippen LogP contribution in [0.15, 0.2) is 12.7 Å². The second-order valence-corrected chi connectivity index (χ2v) is 3.54. The maximum absolute atomic E-state index is 11.2. The fourth-order valence-corrected chi connectivity index (χ4v) is 1.75. The van der Waals surface area contributed by atoms with Crippen LogP contribution in [-0.4, -0.2) is 37.5 Å². The molecule has 1 amide bonds. The maximum atomic E-state index is 11.2. The van der Waals surface area contributed by atoms with E-state index >= 15 is 0 Å². The fraction of sp³-hybridized carbons (Fsp3) is 0.750. The number of nitrogens with one attached hydrogen (secondary N) is 1. The summed E-state index contributed by atoms with van der Waals surface area (Å²) in [4.78, 5) is 13.1. The van der Waals surface area contributed by atoms with Gasteiger partial charge in [0.15, 0.2) is 0 Å². The highest BCUT2D eigenvalue weighted by molar-refractivity contribution is 5.87. The van der Waals surface area contributed by atoms with Crippen molar-refractivity contribution in [2.75, 3.05) is 26.7 Å². The third-order valence-corrected chi connectivity index (χ3v) is 2.57. The van der Waals surface area contributed by atoms with E-state index < -0.39 is 0 Å². The highest BCUT2D eigenvalue weighted by Crippen LogP contribution is 2.18. The SMILES string of the molecule is C=CC(=O)N1CCC(CCNC)C1.CC. The lowest BCUT2D eigenvalue weighted by molar-refractivity contribution is -0.125. The van der Waals surface area contributed by atoms with Gasteiger partial charge in [-0.15, -0.1) is 0 Å². The molecule has 0 aliphatic carbocycles. The summed E-state index contributed by atoms with van der Waals surface area (Å²) in [5.41, 5.74) is 0. The van der Waals surface area contributed by atoms with Crippen molar-refractivity contribution in [1.82, 2.24) is 10.2 Å². The van der Waals surface area contributed by atoms with Gasteiger partial charge in [0.05, 0.1) is 0 Å². The number of carbonyl (C=O) groups excluding carboxylic acids is 1. The molecule has 1 rings (SSSR count). The Morgan fingerprint density at radius 3 is 2.80 bits per heavy atom. The van der Waals surface area contributed by atoms with E-state index in [1.54, 1.807) is 0 Å². The molecule has 3 heteroatoms. The van der Waals surface area contributed by atoms with Gasteiger partial charge in [-0.1, -0.05) is 20.4 Å². The molecule has 15 heavy (non-hydrogen) atoms. The Morgan fingerprint density at radius 2 is 2.27 bits per heavy atom. The summed E-state index contributed by atoms with van der Waals surface area (Å²) in [5.74, 6) is 0.753. The van der Waals surface area contributed by atoms with Crippen molar-refractivity contribution in [1.29, 1.82) is 0 Å². The summed E-state index contributed by atoms with van der Waals surface area (Å²) in [6.07, 6.45) is 3.71. The molecule has 1 aliphatic heterocycles. The summed E-state index contributed by atoms with van der Waals surface area (Å²) < 4.78 is 0. The molecule has 0 bridgehead atoms. The van der Waals surface area contributed by atoms with Gasteiger partial charge in [-0.2, -0.15) is 0 Å². The van der Waals surface area contributed by atoms with Crippen molar-refractivity contribution in [3.63, 3.8) is 0 Å². The Labute approximate surface area is 93.5 Å². The van der Waals surface area contributed by atoms with Gasteiger partial charge >= 0.3 is 0 Å². The number of rotatable bonds is 4. The van der Waals surface area contributed by atoms with E-state index in [0.29, 0.717) is 5.92 Å². The number of nitrogens with zero attached hydrogens (tertiary/aromatic N) is 1. The lowest BCUT2D eigenvalue weighted by atomic mass is 10.1. The first-order valence-corrected chi connectivity index (χ1v) is 5.84. The van der Waals surface area contributed by atoms with Gasteiger partial charge in [-0.3, -0.25) is 4.79 Å². The number of amides is 1. The summed E-state index contributed by atoms with van der Waals surface area (Å²) in [7, 11) is 1.96. The Hall–Kier alpha value is -0.830. The van der Waals surface area contributed by atoms with Gasteiger partial charge in [0.2, 0.25) is 5.91 Å². The Balaban J connectivity index is 0.000000921. The van der Waals surface area contributed by atoms with E-state index in [9.17, 15) is 4.79 Å². The standard InChI is InChI=1S/C10H18N2O.C2H6/c1-3-10(13)12-7-5-9(8-12)4-6-11-2;1-2/h3,9,11H,1,4-8H2,2H3;1-2H3. The highest BCUT2D eigenvalue weighted by Gasteiger charge is 2.23. The largest absolute Gasteiger partial charge is 0.339 e. The van der Waals surface area contributed by atoms with Crippen LogP contribution >= 0.6 is 0 Å². The van der Waals surface area contributed by atoms with Crippen molar-refractivity contribution in [3.05, 3.63) is 12.7 Å². The molecule has 1 fully saturated rings. The first kappa shape index (κ1) is 14.2. The number of likely N-dealkylation sites (tertiary alicyclic amines) is 1. The maximum Gasteiger partial charge on any atom is 0.245 e. The Morgan fingerprint density at radius 1 is 1.60 bits per heavy atom. The predicted molar refractivity (Wildman–Crippen MR) is 64.8 cm³/mol. The molecule has 0 aromatic rings. The van der Waals surface area contributed by atoms with Crippen LogP contribution in [0, 0.1) is 5.92 Å². The molecular weight excluding hydrogens is 188 g/mol. The van der Waals surface area contributed by atoms with E-state index in [1.807, 2.05) is 25.8 Å². The average Bonchev–Trinajstić information content (AvgIpc) is 2.76. The van der Waals surface area contributed by atoms with Crippen molar-refractivity contribution in [2.45, 2.75) is 26.7 Å². The van der Waals surface area contributed by atoms with E-state index in [4.69, 9.17) is 0 Å². The minimum atomic E-state index is 0.0759. The molecule has 88 valence electrons. The molecule has 1 atom stereocenters. The lowest BCUT2D eigenvalue weighted by Crippen LogP contribution is -2.27. The van der Waals surface area contributed by atoms with Gasteiger partial charge in [-0.25, -0.2) is 0 Å². The second kappa shape index (κ2) is 8.48. The monoisotopic (exact) mass is 212 g/mol. The van der Waals surface area contributed by atoms with E-state index in [-0.39, 0.29) is 5.91 Å². The van der Waals surface area contributed by atoms with Crippen molar-refractivity contribution >= 4 is 5.91 Å². The van der Waals surface area contributed by atoms with Crippen LogP contribution in [0.25, 0.3) is 0 Å². The summed E-state index contributed by atoms with van der Waals surface area (Å²) in [5, 5.41) is 3.13. The van der Waals surface area contributed by atoms with Gasteiger partial charge in [0.1, 0.15) is 0 Å². The first-order valence-electron chi connectivity index (χ1n) is 5.84. The molecule has 0 aromatic heterocycles. The van der Waals surface area contributed by atoms with Gasteiger partial charge in [0, 0.05) is 13.1 Å². The number of carbonyl (C=O) groups is 1. The molecule has 0 aromatic carbocycles. The topological polar surface area (TPSA) is 32.3 Å². The molecule has 0 radical (unpaired) electrons. The molecule has 0 saturated carbocycles. The fourth-order valence-electron chi connectivity index (χ4n) is 1.75. The predicted octanol–water partition coefficient (Wildman–Crippen LogP) is 1.66. The smallest absolute Gasteiger partial charge is 0.245 e. The summed E-state index contributed by atoms with van der Waals surface area (Å²) in [6.45, 7) is 10.3. The van der Waals surface area contributed by atoms with E-state index in [0.717, 1.165) is 32.5 Å². The van der Waals surface area contributed by atoms with Crippen molar-refractivity contribution in [2.24, 2.45) is 5.92 Å². The van der Waals surface area contributed by atoms with Crippen LogP contribution in [-0.2, 0) is 4.79 Å². The van der Waals surface area contributed by atoms with Crippen LogP contribution in [0.4, 0.5) is 0 Å². The normalized spacial score (nSPS) is 19.4. The van der Waals surface area contributed by atoms with Gasteiger partial charge in [-0.05, 0) is 38.4 Å². The minimum Gasteiger partial charge on any atom is -0.339 e. The van der Waals surface area contributed by atoms with Gasteiger partial charge < -0.3 is 10.2 Å². The van der Waals surface area contributed by atoms with Gasteiger partial charge in [0.25, 0.3) is 0 Å². The lowest BCUT2D eigenvalue weighted by Gasteiger charge is -2.13. The van der Waals surface area contributed by atoms with Crippen molar-refractivity contribution in [3.8, 4) is 0 Å². The quantitative estimate of drug-likeness (QED) is 0.719. The Kier molecular flexibility index (Phi) is 8.01. The third kappa shape index (κ3) is 4.98. The third-order valence-electron chi connectivity index (χ3n) is 2.57. The van der Waals surface area contributed by atoms with Crippen molar-refractivity contribution < 1.29 is 4.79 Å². The molecule has 0 spiro atoms. The summed E-state index contributed by atoms with van der Waals surface area (Å²) in [6, 6.07) is 0. The van der Waals surface area contributed by atoms with Crippen LogP contribution in [0.5, 0.6) is 0 Å². The molecule has 1 aliphatic rings. The number of hydrogen-bond donors (Lipinski definition) is 1. The van der Waals surface area contributed by atoms with Crippen LogP contribution in [0.3, 0.4) is 0 Å². The molecule has 1 N–H and O–H groups in total. The van der Waals surface area contributed by atoms with Crippen LogP contribution in [0.1, 0.15) is 26.7 Å². The molecule has 3 nitrogen and oxygen atoms in total. The zero-order valence-electron chi connectivity index (χ0n) is 10.3. The zero-order valence-corrected chi connectivity index (χ0v) is 10.3. The zero-order chi connectivity index (χ0) is 11.7. The molecule has 1 unspecified atom stereocenters. The second-order valence-electron chi connectivity index (χ2n) is 3.54. The summed E-state index contributed by atoms with van der Waals surface area (Å²) >= 11 is 0. The molecular formula is C12H24N2O. The molecule has 1 saturated heterocycles. The first-order chi connectivity index (χ1) is 7.27.